The van der Waals surface area contributed by atoms with Gasteiger partial charge in [-0.25, -0.2) is 9.48 Å². The lowest BCUT2D eigenvalue weighted by Crippen LogP contribution is -2.21. The summed E-state index contributed by atoms with van der Waals surface area (Å²) in [5.41, 5.74) is 0. The van der Waals surface area contributed by atoms with Gasteiger partial charge in [0.05, 0.1) is 12.4 Å². The fourth-order valence-corrected chi connectivity index (χ4v) is 1.69. The third kappa shape index (κ3) is 3.70. The zero-order chi connectivity index (χ0) is 12.8. The largest absolute Gasteiger partial charge is 0.481 e. The predicted octanol–water partition coefficient (Wildman–Crippen LogP) is -0.0261. The van der Waals surface area contributed by atoms with E-state index in [9.17, 15) is 9.59 Å². The molecule has 0 bridgehead atoms. The molecule has 0 amide bonds. The maximum absolute atomic E-state index is 11.5. The molecule has 1 atom stereocenters. The van der Waals surface area contributed by atoms with Gasteiger partial charge >= 0.3 is 11.9 Å². The number of aliphatic carboxylic acids is 1. The molecule has 0 radical (unpaired) electrons. The number of esters is 1. The normalized spacial score (nSPS) is 12.1. The Morgan fingerprint density at radius 2 is 2.29 bits per heavy atom. The van der Waals surface area contributed by atoms with Gasteiger partial charge in [0.1, 0.15) is 0 Å². The van der Waals surface area contributed by atoms with E-state index in [4.69, 9.17) is 9.84 Å². The van der Waals surface area contributed by atoms with Crippen molar-refractivity contribution in [2.75, 3.05) is 12.4 Å². The van der Waals surface area contributed by atoms with Crippen molar-refractivity contribution in [1.82, 2.24) is 20.2 Å². The average Bonchev–Trinajstić information content (AvgIpc) is 2.73. The summed E-state index contributed by atoms with van der Waals surface area (Å²) >= 11 is 0.945. The van der Waals surface area contributed by atoms with Gasteiger partial charge in [0.25, 0.3) is 0 Å². The second-order valence-electron chi connectivity index (χ2n) is 3.02. The van der Waals surface area contributed by atoms with Crippen LogP contribution >= 0.6 is 11.8 Å². The van der Waals surface area contributed by atoms with Crippen molar-refractivity contribution < 1.29 is 19.4 Å². The monoisotopic (exact) mass is 260 g/mol. The molecule has 0 saturated heterocycles. The molecule has 1 N–H and O–H groups in total. The average molecular weight is 260 g/mol. The molecule has 0 saturated carbocycles. The smallest absolute Gasteiger partial charge is 0.330 e. The van der Waals surface area contributed by atoms with Crippen LogP contribution in [0.1, 0.15) is 19.9 Å². The third-order valence-corrected chi connectivity index (χ3v) is 2.70. The Bertz CT molecular complexity index is 408. The summed E-state index contributed by atoms with van der Waals surface area (Å²) in [5, 5.41) is 19.5. The van der Waals surface area contributed by atoms with Crippen molar-refractivity contribution in [3.63, 3.8) is 0 Å². The van der Waals surface area contributed by atoms with E-state index in [1.807, 2.05) is 0 Å². The number of hydrogen-bond acceptors (Lipinski definition) is 7. The lowest BCUT2D eigenvalue weighted by atomic mass is 10.3. The van der Waals surface area contributed by atoms with E-state index >= 15 is 0 Å². The highest BCUT2D eigenvalue weighted by atomic mass is 32.2. The Balaban J connectivity index is 2.73. The van der Waals surface area contributed by atoms with Gasteiger partial charge in [-0.05, 0) is 24.3 Å². The van der Waals surface area contributed by atoms with Crippen LogP contribution in [-0.2, 0) is 14.3 Å². The van der Waals surface area contributed by atoms with Gasteiger partial charge in [-0.3, -0.25) is 4.79 Å². The summed E-state index contributed by atoms with van der Waals surface area (Å²) in [6.07, 6.45) is 0. The van der Waals surface area contributed by atoms with E-state index < -0.39 is 18.0 Å². The fraction of sp³-hybridized carbons (Fsp3) is 0.625. The van der Waals surface area contributed by atoms with Crippen LogP contribution in [0.15, 0.2) is 5.16 Å². The van der Waals surface area contributed by atoms with Gasteiger partial charge in [0.15, 0.2) is 6.04 Å². The number of carbonyl (C=O) groups is 2. The second-order valence-corrected chi connectivity index (χ2v) is 3.96. The van der Waals surface area contributed by atoms with Gasteiger partial charge in [0, 0.05) is 0 Å². The van der Waals surface area contributed by atoms with Crippen LogP contribution in [0.3, 0.4) is 0 Å². The number of hydrogen-bond donors (Lipinski definition) is 1. The zero-order valence-electron chi connectivity index (χ0n) is 9.36. The molecule has 0 fully saturated rings. The minimum absolute atomic E-state index is 0.171. The number of carbonyl (C=O) groups excluding carboxylic acids is 1. The standard InChI is InChI=1S/C8H12N4O4S/c1-3-16-7(15)5(2)12-8(9-10-11-12)17-4-6(13)14/h5H,3-4H2,1-2H3,(H,13,14). The molecule has 0 aliphatic carbocycles. The van der Waals surface area contributed by atoms with Crippen molar-refractivity contribution in [3.05, 3.63) is 0 Å². The molecule has 94 valence electrons. The van der Waals surface area contributed by atoms with Crippen LogP contribution in [0.2, 0.25) is 0 Å². The van der Waals surface area contributed by atoms with Crippen LogP contribution in [0.5, 0.6) is 0 Å². The first-order chi connectivity index (χ1) is 8.06. The van der Waals surface area contributed by atoms with E-state index in [-0.39, 0.29) is 17.5 Å². The molecule has 0 aliphatic rings. The second kappa shape index (κ2) is 6.18. The first kappa shape index (κ1) is 13.4. The Hall–Kier alpha value is -1.64. The zero-order valence-corrected chi connectivity index (χ0v) is 10.2. The number of tetrazole rings is 1. The van der Waals surface area contributed by atoms with E-state index in [1.54, 1.807) is 13.8 Å². The molecular formula is C8H12N4O4S. The highest BCUT2D eigenvalue weighted by molar-refractivity contribution is 7.99. The summed E-state index contributed by atoms with van der Waals surface area (Å²) in [5.74, 6) is -1.61. The molecule has 8 nitrogen and oxygen atoms in total. The molecule has 9 heteroatoms. The Morgan fingerprint density at radius 3 is 2.88 bits per heavy atom. The fourth-order valence-electron chi connectivity index (χ4n) is 1.01. The molecule has 0 aliphatic heterocycles. The molecular weight excluding hydrogens is 248 g/mol. The van der Waals surface area contributed by atoms with Gasteiger partial charge in [-0.2, -0.15) is 0 Å². The van der Waals surface area contributed by atoms with Crippen LogP contribution in [0, 0.1) is 0 Å². The number of nitrogens with zero attached hydrogens (tertiary/aromatic N) is 4. The Kier molecular flexibility index (Phi) is 4.88. The summed E-state index contributed by atoms with van der Waals surface area (Å²) in [6.45, 7) is 3.55. The maximum Gasteiger partial charge on any atom is 0.330 e. The molecule has 1 unspecified atom stereocenters. The van der Waals surface area contributed by atoms with Crippen molar-refractivity contribution >= 4 is 23.7 Å². The summed E-state index contributed by atoms with van der Waals surface area (Å²) in [6, 6.07) is -0.679. The molecule has 0 spiro atoms. The SMILES string of the molecule is CCOC(=O)C(C)n1nnnc1SCC(=O)O. The number of aromatic nitrogens is 4. The van der Waals surface area contributed by atoms with Gasteiger partial charge in [-0.15, -0.1) is 5.10 Å². The van der Waals surface area contributed by atoms with Gasteiger partial charge < -0.3 is 9.84 Å². The van der Waals surface area contributed by atoms with Crippen LogP contribution < -0.4 is 0 Å². The maximum atomic E-state index is 11.5. The van der Waals surface area contributed by atoms with Crippen molar-refractivity contribution in [2.45, 2.75) is 25.0 Å². The van der Waals surface area contributed by atoms with E-state index in [1.165, 1.54) is 4.68 Å². The molecule has 1 rings (SSSR count). The number of thioether (sulfide) groups is 1. The molecule has 1 heterocycles. The van der Waals surface area contributed by atoms with Crippen LogP contribution in [0.25, 0.3) is 0 Å². The summed E-state index contributed by atoms with van der Waals surface area (Å²) in [7, 11) is 0. The lowest BCUT2D eigenvalue weighted by molar-refractivity contribution is -0.147. The van der Waals surface area contributed by atoms with Crippen molar-refractivity contribution in [1.29, 1.82) is 0 Å². The highest BCUT2D eigenvalue weighted by Crippen LogP contribution is 2.18. The molecule has 1 aromatic heterocycles. The van der Waals surface area contributed by atoms with Crippen molar-refractivity contribution in [2.24, 2.45) is 0 Å². The highest BCUT2D eigenvalue weighted by Gasteiger charge is 2.21. The number of carboxylic acid groups (broad SMARTS) is 1. The van der Waals surface area contributed by atoms with E-state index in [0.717, 1.165) is 11.8 Å². The topological polar surface area (TPSA) is 107 Å². The van der Waals surface area contributed by atoms with Gasteiger partial charge in [0.2, 0.25) is 5.16 Å². The minimum Gasteiger partial charge on any atom is -0.481 e. The summed E-state index contributed by atoms with van der Waals surface area (Å²) in [4.78, 5) is 21.9. The minimum atomic E-state index is -0.978. The predicted molar refractivity (Wildman–Crippen MR) is 57.5 cm³/mol. The van der Waals surface area contributed by atoms with E-state index in [2.05, 4.69) is 15.5 Å². The Labute approximate surface area is 101 Å². The van der Waals surface area contributed by atoms with Gasteiger partial charge in [-0.1, -0.05) is 11.8 Å². The number of rotatable bonds is 6. The number of ether oxygens (including phenoxy) is 1. The van der Waals surface area contributed by atoms with Crippen LogP contribution in [0.4, 0.5) is 0 Å². The first-order valence-corrected chi connectivity index (χ1v) is 5.84. The molecule has 17 heavy (non-hydrogen) atoms. The lowest BCUT2D eigenvalue weighted by Gasteiger charge is -2.11. The number of carboxylic acids is 1. The quantitative estimate of drug-likeness (QED) is 0.561. The van der Waals surface area contributed by atoms with Crippen LogP contribution in [-0.4, -0.2) is 49.6 Å². The van der Waals surface area contributed by atoms with Crippen molar-refractivity contribution in [3.8, 4) is 0 Å². The Morgan fingerprint density at radius 1 is 1.59 bits per heavy atom. The molecule has 0 aromatic carbocycles. The van der Waals surface area contributed by atoms with E-state index in [0.29, 0.717) is 0 Å². The molecule has 1 aromatic rings. The third-order valence-electron chi connectivity index (χ3n) is 1.78. The summed E-state index contributed by atoms with van der Waals surface area (Å²) < 4.78 is 6.07. The first-order valence-electron chi connectivity index (χ1n) is 4.85.